The van der Waals surface area contributed by atoms with Crippen molar-refractivity contribution in [2.45, 2.75) is 13.0 Å². The van der Waals surface area contributed by atoms with Crippen LogP contribution in [0.25, 0.3) is 0 Å². The fraction of sp³-hybridized carbons (Fsp3) is 0.316. The molecule has 0 bridgehead atoms. The molecule has 1 N–H and O–H groups in total. The van der Waals surface area contributed by atoms with Crippen molar-refractivity contribution in [2.75, 3.05) is 37.5 Å². The van der Waals surface area contributed by atoms with Crippen molar-refractivity contribution in [1.82, 2.24) is 5.32 Å². The summed E-state index contributed by atoms with van der Waals surface area (Å²) in [6.07, 6.45) is 1.08. The van der Waals surface area contributed by atoms with E-state index >= 15 is 0 Å². The van der Waals surface area contributed by atoms with Gasteiger partial charge in [0.15, 0.2) is 5.96 Å². The van der Waals surface area contributed by atoms with Gasteiger partial charge in [0, 0.05) is 45.6 Å². The second-order valence-electron chi connectivity index (χ2n) is 5.99. The van der Waals surface area contributed by atoms with Crippen molar-refractivity contribution in [3.05, 3.63) is 59.7 Å². The molecule has 2 aromatic carbocycles. The molecule has 5 heteroatoms. The first-order chi connectivity index (χ1) is 11.2. The summed E-state index contributed by atoms with van der Waals surface area (Å²) in [5.41, 5.74) is 5.13. The quantitative estimate of drug-likeness (QED) is 0.454. The summed E-state index contributed by atoms with van der Waals surface area (Å²) in [6, 6.07) is 17.2. The molecule has 1 heterocycles. The van der Waals surface area contributed by atoms with Crippen molar-refractivity contribution >= 4 is 41.3 Å². The monoisotopic (exact) mass is 436 g/mol. The highest BCUT2D eigenvalue weighted by Crippen LogP contribution is 2.27. The fourth-order valence-corrected chi connectivity index (χ4v) is 2.95. The van der Waals surface area contributed by atoms with E-state index in [1.54, 1.807) is 0 Å². The number of hydrogen-bond donors (Lipinski definition) is 1. The number of guanidine groups is 1. The molecule has 0 amide bonds. The number of para-hydroxylation sites is 1. The normalized spacial score (nSPS) is 13.3. The molecule has 2 aromatic rings. The van der Waals surface area contributed by atoms with Crippen LogP contribution in [0.15, 0.2) is 53.5 Å². The first-order valence-electron chi connectivity index (χ1n) is 8.01. The van der Waals surface area contributed by atoms with E-state index in [9.17, 15) is 0 Å². The van der Waals surface area contributed by atoms with E-state index in [1.807, 2.05) is 7.05 Å². The Bertz CT molecular complexity index is 695. The molecule has 0 saturated heterocycles. The van der Waals surface area contributed by atoms with Gasteiger partial charge in [-0.25, -0.2) is 0 Å². The minimum absolute atomic E-state index is 0. The molecule has 1 aliphatic rings. The lowest BCUT2D eigenvalue weighted by Crippen LogP contribution is -2.40. The highest BCUT2D eigenvalue weighted by molar-refractivity contribution is 14.0. The molecule has 0 atom stereocenters. The zero-order chi connectivity index (χ0) is 16.2. The van der Waals surface area contributed by atoms with Crippen molar-refractivity contribution in [1.29, 1.82) is 0 Å². The number of rotatable bonds is 3. The first kappa shape index (κ1) is 18.6. The third kappa shape index (κ3) is 4.01. The van der Waals surface area contributed by atoms with Gasteiger partial charge in [0.2, 0.25) is 0 Å². The Labute approximate surface area is 161 Å². The third-order valence-corrected chi connectivity index (χ3v) is 4.26. The van der Waals surface area contributed by atoms with E-state index in [-0.39, 0.29) is 24.0 Å². The van der Waals surface area contributed by atoms with Crippen LogP contribution in [-0.4, -0.2) is 33.6 Å². The lowest BCUT2D eigenvalue weighted by Gasteiger charge is -2.22. The van der Waals surface area contributed by atoms with E-state index in [4.69, 9.17) is 0 Å². The van der Waals surface area contributed by atoms with Gasteiger partial charge in [-0.1, -0.05) is 30.3 Å². The Morgan fingerprint density at radius 1 is 1.12 bits per heavy atom. The van der Waals surface area contributed by atoms with Crippen molar-refractivity contribution in [2.24, 2.45) is 4.99 Å². The van der Waals surface area contributed by atoms with E-state index in [2.05, 4.69) is 82.7 Å². The standard InChI is InChI=1S/C19H24N4.HI/c1-20-19(23-13-12-16-6-4-5-7-18(16)23)21-14-15-8-10-17(11-9-15)22(2)3;/h4-11H,12-14H2,1-3H3,(H,20,21);1H. The van der Waals surface area contributed by atoms with Gasteiger partial charge in [0.25, 0.3) is 0 Å². The number of fused-ring (bicyclic) bond motifs is 1. The Morgan fingerprint density at radius 2 is 1.83 bits per heavy atom. The highest BCUT2D eigenvalue weighted by Gasteiger charge is 2.22. The van der Waals surface area contributed by atoms with Gasteiger partial charge in [-0.3, -0.25) is 4.99 Å². The largest absolute Gasteiger partial charge is 0.378 e. The number of nitrogens with one attached hydrogen (secondary N) is 1. The second kappa shape index (κ2) is 8.37. The summed E-state index contributed by atoms with van der Waals surface area (Å²) in [5, 5.41) is 3.48. The summed E-state index contributed by atoms with van der Waals surface area (Å²) < 4.78 is 0. The SMILES string of the molecule is CN=C(NCc1ccc(N(C)C)cc1)N1CCc2ccccc21.I. The summed E-state index contributed by atoms with van der Waals surface area (Å²) in [4.78, 5) is 8.83. The van der Waals surface area contributed by atoms with E-state index in [0.29, 0.717) is 0 Å². The molecule has 128 valence electrons. The Kier molecular flexibility index (Phi) is 6.48. The maximum Gasteiger partial charge on any atom is 0.198 e. The number of aliphatic imine (C=N–C) groups is 1. The summed E-state index contributed by atoms with van der Waals surface area (Å²) in [6.45, 7) is 1.76. The van der Waals surface area contributed by atoms with Crippen LogP contribution >= 0.6 is 24.0 Å². The van der Waals surface area contributed by atoms with Gasteiger partial charge >= 0.3 is 0 Å². The molecule has 0 aliphatic carbocycles. The summed E-state index contributed by atoms with van der Waals surface area (Å²) >= 11 is 0. The van der Waals surface area contributed by atoms with Crippen LogP contribution in [0.1, 0.15) is 11.1 Å². The Balaban J connectivity index is 0.00000208. The molecule has 24 heavy (non-hydrogen) atoms. The van der Waals surface area contributed by atoms with Crippen molar-refractivity contribution in [3.63, 3.8) is 0 Å². The van der Waals surface area contributed by atoms with E-state index in [1.165, 1.54) is 22.5 Å². The van der Waals surface area contributed by atoms with Crippen LogP contribution in [0.4, 0.5) is 11.4 Å². The maximum atomic E-state index is 4.45. The molecule has 0 fully saturated rings. The van der Waals surface area contributed by atoms with Crippen molar-refractivity contribution in [3.8, 4) is 0 Å². The molecular formula is C19H25IN4. The first-order valence-corrected chi connectivity index (χ1v) is 8.01. The van der Waals surface area contributed by atoms with Gasteiger partial charge in [-0.15, -0.1) is 24.0 Å². The molecule has 0 unspecified atom stereocenters. The number of anilines is 2. The van der Waals surface area contributed by atoms with Crippen LogP contribution in [0.2, 0.25) is 0 Å². The topological polar surface area (TPSA) is 30.9 Å². The van der Waals surface area contributed by atoms with Crippen LogP contribution in [0, 0.1) is 0 Å². The number of benzene rings is 2. The highest BCUT2D eigenvalue weighted by atomic mass is 127. The smallest absolute Gasteiger partial charge is 0.198 e. The van der Waals surface area contributed by atoms with Crippen LogP contribution in [0.5, 0.6) is 0 Å². The zero-order valence-corrected chi connectivity index (χ0v) is 16.8. The molecule has 0 radical (unpaired) electrons. The minimum atomic E-state index is 0. The molecular weight excluding hydrogens is 411 g/mol. The second-order valence-corrected chi connectivity index (χ2v) is 5.99. The number of halogens is 1. The molecule has 4 nitrogen and oxygen atoms in total. The van der Waals surface area contributed by atoms with Gasteiger partial charge in [0.05, 0.1) is 0 Å². The molecule has 0 spiro atoms. The molecule has 3 rings (SSSR count). The zero-order valence-electron chi connectivity index (χ0n) is 14.5. The molecule has 0 aromatic heterocycles. The fourth-order valence-electron chi connectivity index (χ4n) is 2.95. The summed E-state index contributed by atoms with van der Waals surface area (Å²) in [7, 11) is 5.96. The molecule has 0 saturated carbocycles. The summed E-state index contributed by atoms with van der Waals surface area (Å²) in [5.74, 6) is 0.937. The number of nitrogens with zero attached hydrogens (tertiary/aromatic N) is 3. The van der Waals surface area contributed by atoms with Crippen molar-refractivity contribution < 1.29 is 0 Å². The predicted octanol–water partition coefficient (Wildman–Crippen LogP) is 3.51. The van der Waals surface area contributed by atoms with E-state index < -0.39 is 0 Å². The molecule has 1 aliphatic heterocycles. The average molecular weight is 436 g/mol. The average Bonchev–Trinajstić information content (AvgIpc) is 3.00. The maximum absolute atomic E-state index is 4.45. The van der Waals surface area contributed by atoms with Crippen LogP contribution in [0.3, 0.4) is 0 Å². The van der Waals surface area contributed by atoms with Gasteiger partial charge in [-0.2, -0.15) is 0 Å². The predicted molar refractivity (Wildman–Crippen MR) is 114 cm³/mol. The minimum Gasteiger partial charge on any atom is -0.378 e. The number of hydrogen-bond acceptors (Lipinski definition) is 2. The van der Waals surface area contributed by atoms with Crippen LogP contribution in [-0.2, 0) is 13.0 Å². The Morgan fingerprint density at radius 3 is 2.50 bits per heavy atom. The van der Waals surface area contributed by atoms with Gasteiger partial charge < -0.3 is 15.1 Å². The lowest BCUT2D eigenvalue weighted by molar-refractivity contribution is 0.867. The lowest BCUT2D eigenvalue weighted by atomic mass is 10.2. The van der Waals surface area contributed by atoms with Crippen LogP contribution < -0.4 is 15.1 Å². The van der Waals surface area contributed by atoms with Gasteiger partial charge in [-0.05, 0) is 35.7 Å². The third-order valence-electron chi connectivity index (χ3n) is 4.26. The Hall–Kier alpha value is -1.76. The van der Waals surface area contributed by atoms with Gasteiger partial charge in [0.1, 0.15) is 0 Å². The van der Waals surface area contributed by atoms with E-state index in [0.717, 1.165) is 25.5 Å².